The Morgan fingerprint density at radius 3 is 2.57 bits per heavy atom. The maximum absolute atomic E-state index is 12.5. The van der Waals surface area contributed by atoms with Crippen molar-refractivity contribution >= 4 is 28.9 Å². The first-order valence-electron chi connectivity index (χ1n) is 8.93. The number of nitrogens with one attached hydrogen (secondary N) is 3. The molecule has 0 aliphatic rings. The van der Waals surface area contributed by atoms with Crippen LogP contribution in [0, 0.1) is 24.0 Å². The van der Waals surface area contributed by atoms with Gasteiger partial charge in [0.1, 0.15) is 12.1 Å². The normalized spacial score (nSPS) is 10.2. The average molecular weight is 408 g/mol. The van der Waals surface area contributed by atoms with Gasteiger partial charge in [0.15, 0.2) is 0 Å². The van der Waals surface area contributed by atoms with E-state index in [0.29, 0.717) is 11.4 Å². The molecule has 3 N–H and O–H groups in total. The summed E-state index contributed by atoms with van der Waals surface area (Å²) in [6.45, 7) is 3.79. The van der Waals surface area contributed by atoms with Gasteiger partial charge in [-0.3, -0.25) is 25.8 Å². The van der Waals surface area contributed by atoms with Gasteiger partial charge in [0.2, 0.25) is 11.6 Å². The van der Waals surface area contributed by atoms with Crippen LogP contribution in [0.15, 0.2) is 48.8 Å². The Kier molecular flexibility index (Phi) is 6.06. The van der Waals surface area contributed by atoms with Crippen molar-refractivity contribution in [3.05, 3.63) is 75.6 Å². The minimum atomic E-state index is -0.620. The van der Waals surface area contributed by atoms with Gasteiger partial charge in [-0.25, -0.2) is 9.97 Å². The van der Waals surface area contributed by atoms with Gasteiger partial charge in [0, 0.05) is 5.69 Å². The molecule has 10 nitrogen and oxygen atoms in total. The highest BCUT2D eigenvalue weighted by Crippen LogP contribution is 2.32. The van der Waals surface area contributed by atoms with Gasteiger partial charge < -0.3 is 10.1 Å². The molecule has 0 spiro atoms. The number of aryl methyl sites for hydroxylation is 2. The van der Waals surface area contributed by atoms with Gasteiger partial charge in [-0.15, -0.1) is 0 Å². The highest BCUT2D eigenvalue weighted by molar-refractivity contribution is 5.97. The summed E-state index contributed by atoms with van der Waals surface area (Å²) in [6, 6.07) is 12.3. The molecule has 0 unspecified atom stereocenters. The zero-order valence-electron chi connectivity index (χ0n) is 16.6. The minimum Gasteiger partial charge on any atom is -0.496 e. The number of carbonyl (C=O) groups is 1. The van der Waals surface area contributed by atoms with Crippen LogP contribution >= 0.6 is 0 Å². The molecular formula is C20H20N6O4. The Bertz CT molecular complexity index is 1100. The van der Waals surface area contributed by atoms with E-state index in [1.54, 1.807) is 24.3 Å². The first-order valence-corrected chi connectivity index (χ1v) is 8.93. The number of hydrogen-bond donors (Lipinski definition) is 3. The van der Waals surface area contributed by atoms with Gasteiger partial charge >= 0.3 is 5.69 Å². The summed E-state index contributed by atoms with van der Waals surface area (Å²) in [6.07, 6.45) is 1.16. The van der Waals surface area contributed by atoms with Crippen LogP contribution in [0.5, 0.6) is 5.75 Å². The first-order chi connectivity index (χ1) is 14.4. The van der Waals surface area contributed by atoms with Crippen molar-refractivity contribution < 1.29 is 14.5 Å². The van der Waals surface area contributed by atoms with E-state index in [-0.39, 0.29) is 17.2 Å². The lowest BCUT2D eigenvalue weighted by Gasteiger charge is -2.13. The molecule has 1 aromatic heterocycles. The van der Waals surface area contributed by atoms with E-state index >= 15 is 0 Å². The van der Waals surface area contributed by atoms with Crippen molar-refractivity contribution in [3.8, 4) is 5.75 Å². The maximum Gasteiger partial charge on any atom is 0.355 e. The number of anilines is 3. The molecule has 30 heavy (non-hydrogen) atoms. The summed E-state index contributed by atoms with van der Waals surface area (Å²) in [5.41, 5.74) is 7.34. The van der Waals surface area contributed by atoms with Crippen LogP contribution in [-0.2, 0) is 0 Å². The number of hydrazine groups is 1. The fourth-order valence-corrected chi connectivity index (χ4v) is 2.75. The molecule has 0 bridgehead atoms. The second-order valence-electron chi connectivity index (χ2n) is 6.40. The lowest BCUT2D eigenvalue weighted by molar-refractivity contribution is -0.383. The lowest BCUT2D eigenvalue weighted by atomic mass is 10.1. The standard InChI is InChI=1S/C20H20N6O4/c1-12-8-9-13(2)15(10-12)23-18-17(26(28)29)19(22-11-21-18)24-25-20(27)14-6-4-5-7-16(14)30-3/h4-11H,1-3H3,(H,25,27)(H2,21,22,23,24). The number of amides is 1. The van der Waals surface area contributed by atoms with Crippen LogP contribution in [0.3, 0.4) is 0 Å². The zero-order chi connectivity index (χ0) is 21.7. The molecule has 1 heterocycles. The van der Waals surface area contributed by atoms with Crippen LogP contribution in [0.2, 0.25) is 0 Å². The quantitative estimate of drug-likeness (QED) is 0.400. The number of benzene rings is 2. The molecule has 0 aliphatic heterocycles. The Morgan fingerprint density at radius 1 is 1.10 bits per heavy atom. The van der Waals surface area contributed by atoms with Crippen LogP contribution in [0.4, 0.5) is 23.0 Å². The van der Waals surface area contributed by atoms with Gasteiger partial charge in [-0.1, -0.05) is 24.3 Å². The molecule has 154 valence electrons. The van der Waals surface area contributed by atoms with Gasteiger partial charge in [-0.2, -0.15) is 0 Å². The van der Waals surface area contributed by atoms with Gasteiger partial charge in [0.25, 0.3) is 5.91 Å². The number of methoxy groups -OCH3 is 1. The highest BCUT2D eigenvalue weighted by Gasteiger charge is 2.24. The van der Waals surface area contributed by atoms with E-state index in [2.05, 4.69) is 26.1 Å². The highest BCUT2D eigenvalue weighted by atomic mass is 16.6. The van der Waals surface area contributed by atoms with E-state index in [4.69, 9.17) is 4.74 Å². The molecule has 0 saturated carbocycles. The van der Waals surface area contributed by atoms with Crippen molar-refractivity contribution in [2.75, 3.05) is 17.9 Å². The van der Waals surface area contributed by atoms with Crippen molar-refractivity contribution in [1.82, 2.24) is 15.4 Å². The summed E-state index contributed by atoms with van der Waals surface area (Å²) in [5, 5.41) is 14.7. The SMILES string of the molecule is COc1ccccc1C(=O)NNc1ncnc(Nc2cc(C)ccc2C)c1[N+](=O)[O-]. The molecule has 1 amide bonds. The number of nitrogens with zero attached hydrogens (tertiary/aromatic N) is 3. The zero-order valence-corrected chi connectivity index (χ0v) is 16.6. The van der Waals surface area contributed by atoms with Gasteiger partial charge in [0.05, 0.1) is 17.6 Å². The summed E-state index contributed by atoms with van der Waals surface area (Å²) in [5.74, 6) is -0.334. The van der Waals surface area contributed by atoms with Crippen molar-refractivity contribution in [2.24, 2.45) is 0 Å². The number of para-hydroxylation sites is 1. The minimum absolute atomic E-state index is 0.00209. The van der Waals surface area contributed by atoms with Crippen LogP contribution in [0.1, 0.15) is 21.5 Å². The molecule has 3 aromatic rings. The van der Waals surface area contributed by atoms with E-state index < -0.39 is 16.5 Å². The van der Waals surface area contributed by atoms with Gasteiger partial charge in [-0.05, 0) is 43.2 Å². The summed E-state index contributed by atoms with van der Waals surface area (Å²) in [4.78, 5) is 31.5. The van der Waals surface area contributed by atoms with Crippen LogP contribution < -0.4 is 20.9 Å². The molecule has 0 radical (unpaired) electrons. The summed E-state index contributed by atoms with van der Waals surface area (Å²) in [7, 11) is 1.44. The smallest absolute Gasteiger partial charge is 0.355 e. The summed E-state index contributed by atoms with van der Waals surface area (Å²) < 4.78 is 5.15. The average Bonchev–Trinajstić information content (AvgIpc) is 2.74. The number of ether oxygens (including phenoxy) is 1. The molecule has 2 aromatic carbocycles. The second-order valence-corrected chi connectivity index (χ2v) is 6.40. The predicted molar refractivity (Wildman–Crippen MR) is 112 cm³/mol. The van der Waals surface area contributed by atoms with E-state index in [9.17, 15) is 14.9 Å². The first kappa shape index (κ1) is 20.5. The molecule has 0 atom stereocenters. The Hall–Kier alpha value is -4.21. The third kappa shape index (κ3) is 4.43. The fourth-order valence-electron chi connectivity index (χ4n) is 2.75. The topological polar surface area (TPSA) is 131 Å². The Balaban J connectivity index is 1.87. The monoisotopic (exact) mass is 408 g/mol. The van der Waals surface area contributed by atoms with E-state index in [1.807, 2.05) is 32.0 Å². The third-order valence-electron chi connectivity index (χ3n) is 4.30. The fraction of sp³-hybridized carbons (Fsp3) is 0.150. The number of hydrogen-bond acceptors (Lipinski definition) is 8. The lowest BCUT2D eigenvalue weighted by Crippen LogP contribution is -2.30. The largest absolute Gasteiger partial charge is 0.496 e. The third-order valence-corrected chi connectivity index (χ3v) is 4.30. The Morgan fingerprint density at radius 2 is 1.83 bits per heavy atom. The maximum atomic E-state index is 12.5. The number of aromatic nitrogens is 2. The predicted octanol–water partition coefficient (Wildman–Crippen LogP) is 3.51. The van der Waals surface area contributed by atoms with Crippen molar-refractivity contribution in [3.63, 3.8) is 0 Å². The molecule has 0 saturated heterocycles. The van der Waals surface area contributed by atoms with Crippen LogP contribution in [-0.4, -0.2) is 27.9 Å². The molecule has 0 aliphatic carbocycles. The molecule has 3 rings (SSSR count). The van der Waals surface area contributed by atoms with E-state index in [0.717, 1.165) is 17.5 Å². The van der Waals surface area contributed by atoms with Crippen molar-refractivity contribution in [2.45, 2.75) is 13.8 Å². The van der Waals surface area contributed by atoms with E-state index in [1.165, 1.54) is 7.11 Å². The Labute approximate surface area is 172 Å². The molecule has 10 heteroatoms. The molecule has 0 fully saturated rings. The number of nitro groups is 1. The number of rotatable bonds is 7. The molecular weight excluding hydrogens is 388 g/mol. The summed E-state index contributed by atoms with van der Waals surface area (Å²) >= 11 is 0. The second kappa shape index (κ2) is 8.86. The van der Waals surface area contributed by atoms with Crippen molar-refractivity contribution in [1.29, 1.82) is 0 Å². The number of carbonyl (C=O) groups excluding carboxylic acids is 1. The van der Waals surface area contributed by atoms with Crippen LogP contribution in [0.25, 0.3) is 0 Å².